The minimum Gasteiger partial charge on any atom is -0.496 e. The normalized spacial score (nSPS) is 10.6. The number of methoxy groups -OCH3 is 1. The van der Waals surface area contributed by atoms with Crippen molar-refractivity contribution in [3.8, 4) is 11.5 Å². The van der Waals surface area contributed by atoms with Crippen LogP contribution in [0.5, 0.6) is 11.5 Å². The van der Waals surface area contributed by atoms with Gasteiger partial charge in [-0.05, 0) is 43.7 Å². The number of aryl methyl sites for hydroxylation is 2. The van der Waals surface area contributed by atoms with E-state index in [2.05, 4.69) is 0 Å². The predicted molar refractivity (Wildman–Crippen MR) is 100 cm³/mol. The van der Waals surface area contributed by atoms with E-state index in [1.54, 1.807) is 25.3 Å². The molecular formula is C21H20O6. The van der Waals surface area contributed by atoms with Crippen LogP contribution in [0.25, 0.3) is 11.0 Å². The lowest BCUT2D eigenvalue weighted by molar-refractivity contribution is -0.147. The highest BCUT2D eigenvalue weighted by molar-refractivity contribution is 5.81. The first-order chi connectivity index (χ1) is 13.0. The molecule has 1 heterocycles. The Morgan fingerprint density at radius 1 is 1.07 bits per heavy atom. The Kier molecular flexibility index (Phi) is 5.45. The van der Waals surface area contributed by atoms with Gasteiger partial charge in [-0.25, -0.2) is 9.59 Å². The van der Waals surface area contributed by atoms with E-state index in [4.69, 9.17) is 18.6 Å². The average molecular weight is 368 g/mol. The summed E-state index contributed by atoms with van der Waals surface area (Å²) in [5.74, 6) is 0.569. The molecule has 0 atom stereocenters. The minimum absolute atomic E-state index is 0.0961. The molecule has 0 bridgehead atoms. The van der Waals surface area contributed by atoms with E-state index in [0.29, 0.717) is 17.1 Å². The summed E-state index contributed by atoms with van der Waals surface area (Å²) in [6, 6.07) is 12.2. The maximum Gasteiger partial charge on any atom is 0.344 e. The maximum absolute atomic E-state index is 12.0. The molecule has 2 aromatic carbocycles. The molecule has 0 spiro atoms. The van der Waals surface area contributed by atoms with Gasteiger partial charge in [-0.2, -0.15) is 0 Å². The van der Waals surface area contributed by atoms with E-state index in [-0.39, 0.29) is 13.2 Å². The number of rotatable bonds is 6. The molecular weight excluding hydrogens is 348 g/mol. The SMILES string of the molecule is COc1ccc(C)cc1COC(=O)COc1ccc2c(C)cc(=O)oc2c1. The average Bonchev–Trinajstić information content (AvgIpc) is 2.64. The summed E-state index contributed by atoms with van der Waals surface area (Å²) < 4.78 is 21.1. The molecule has 0 saturated heterocycles. The number of carbonyl (C=O) groups is 1. The van der Waals surface area contributed by atoms with Gasteiger partial charge in [0, 0.05) is 23.1 Å². The molecule has 0 saturated carbocycles. The maximum atomic E-state index is 12.0. The van der Waals surface area contributed by atoms with Crippen molar-refractivity contribution in [3.63, 3.8) is 0 Å². The minimum atomic E-state index is -0.510. The molecule has 3 rings (SSSR count). The van der Waals surface area contributed by atoms with Crippen LogP contribution in [0.3, 0.4) is 0 Å². The van der Waals surface area contributed by atoms with E-state index in [1.807, 2.05) is 32.0 Å². The van der Waals surface area contributed by atoms with Crippen LogP contribution in [-0.4, -0.2) is 19.7 Å². The van der Waals surface area contributed by atoms with E-state index in [0.717, 1.165) is 22.1 Å². The van der Waals surface area contributed by atoms with Crippen LogP contribution in [0.1, 0.15) is 16.7 Å². The van der Waals surface area contributed by atoms with Crippen LogP contribution in [0.15, 0.2) is 51.7 Å². The Balaban J connectivity index is 1.62. The standard InChI is InChI=1S/C21H20O6/c1-13-4-7-18(24-3)15(8-13)11-26-21(23)12-25-16-5-6-17-14(2)9-20(22)27-19(17)10-16/h4-10H,11-12H2,1-3H3. The highest BCUT2D eigenvalue weighted by Crippen LogP contribution is 2.23. The number of hydrogen-bond donors (Lipinski definition) is 0. The van der Waals surface area contributed by atoms with Gasteiger partial charge in [0.2, 0.25) is 0 Å². The number of fused-ring (bicyclic) bond motifs is 1. The van der Waals surface area contributed by atoms with Crippen molar-refractivity contribution in [2.75, 3.05) is 13.7 Å². The molecule has 0 amide bonds. The van der Waals surface area contributed by atoms with E-state index in [1.165, 1.54) is 6.07 Å². The van der Waals surface area contributed by atoms with Crippen molar-refractivity contribution in [1.29, 1.82) is 0 Å². The third-order valence-electron chi connectivity index (χ3n) is 4.10. The molecule has 1 aromatic heterocycles. The Labute approximate surface area is 156 Å². The van der Waals surface area contributed by atoms with Crippen LogP contribution >= 0.6 is 0 Å². The van der Waals surface area contributed by atoms with Gasteiger partial charge in [-0.15, -0.1) is 0 Å². The Morgan fingerprint density at radius 3 is 2.67 bits per heavy atom. The molecule has 0 unspecified atom stereocenters. The lowest BCUT2D eigenvalue weighted by Crippen LogP contribution is -2.15. The van der Waals surface area contributed by atoms with E-state index in [9.17, 15) is 9.59 Å². The number of hydrogen-bond acceptors (Lipinski definition) is 6. The molecule has 27 heavy (non-hydrogen) atoms. The fraction of sp³-hybridized carbons (Fsp3) is 0.238. The fourth-order valence-corrected chi connectivity index (χ4v) is 2.76. The summed E-state index contributed by atoms with van der Waals surface area (Å²) in [6.07, 6.45) is 0. The smallest absolute Gasteiger partial charge is 0.344 e. The first-order valence-electron chi connectivity index (χ1n) is 8.42. The number of carbonyl (C=O) groups excluding carboxylic acids is 1. The van der Waals surface area contributed by atoms with Gasteiger partial charge in [-0.3, -0.25) is 0 Å². The second-order valence-corrected chi connectivity index (χ2v) is 6.17. The third-order valence-corrected chi connectivity index (χ3v) is 4.10. The largest absolute Gasteiger partial charge is 0.496 e. The van der Waals surface area contributed by atoms with Crippen LogP contribution in [0, 0.1) is 13.8 Å². The highest BCUT2D eigenvalue weighted by Gasteiger charge is 2.10. The lowest BCUT2D eigenvalue weighted by atomic mass is 10.1. The lowest BCUT2D eigenvalue weighted by Gasteiger charge is -2.11. The summed E-state index contributed by atoms with van der Waals surface area (Å²) in [6.45, 7) is 3.62. The van der Waals surface area contributed by atoms with Crippen molar-refractivity contribution >= 4 is 16.9 Å². The van der Waals surface area contributed by atoms with Gasteiger partial charge in [0.1, 0.15) is 23.7 Å². The van der Waals surface area contributed by atoms with Crippen molar-refractivity contribution in [2.24, 2.45) is 0 Å². The van der Waals surface area contributed by atoms with Crippen molar-refractivity contribution in [3.05, 3.63) is 69.6 Å². The molecule has 6 heteroatoms. The number of esters is 1. The Bertz CT molecular complexity index is 1030. The van der Waals surface area contributed by atoms with E-state index < -0.39 is 11.6 Å². The van der Waals surface area contributed by atoms with Crippen LogP contribution in [-0.2, 0) is 16.1 Å². The number of ether oxygens (including phenoxy) is 3. The predicted octanol–water partition coefficient (Wildman–Crippen LogP) is 3.54. The van der Waals surface area contributed by atoms with Crippen molar-refractivity contribution < 1.29 is 23.4 Å². The summed E-state index contributed by atoms with van der Waals surface area (Å²) in [5.41, 5.74) is 2.64. The van der Waals surface area contributed by atoms with E-state index >= 15 is 0 Å². The summed E-state index contributed by atoms with van der Waals surface area (Å²) >= 11 is 0. The molecule has 0 N–H and O–H groups in total. The first-order valence-corrected chi connectivity index (χ1v) is 8.42. The van der Waals surface area contributed by atoms with Crippen molar-refractivity contribution in [1.82, 2.24) is 0 Å². The molecule has 3 aromatic rings. The van der Waals surface area contributed by atoms with Gasteiger partial charge in [0.25, 0.3) is 0 Å². The van der Waals surface area contributed by atoms with Crippen LogP contribution in [0.2, 0.25) is 0 Å². The Hall–Kier alpha value is -3.28. The zero-order valence-corrected chi connectivity index (χ0v) is 15.4. The molecule has 0 fully saturated rings. The molecule has 0 aliphatic rings. The Morgan fingerprint density at radius 2 is 1.89 bits per heavy atom. The van der Waals surface area contributed by atoms with Gasteiger partial charge in [-0.1, -0.05) is 11.6 Å². The quantitative estimate of drug-likeness (QED) is 0.489. The summed E-state index contributed by atoms with van der Waals surface area (Å²) in [4.78, 5) is 23.5. The van der Waals surface area contributed by atoms with Gasteiger partial charge >= 0.3 is 11.6 Å². The third kappa shape index (κ3) is 4.47. The monoisotopic (exact) mass is 368 g/mol. The molecule has 140 valence electrons. The zero-order chi connectivity index (χ0) is 19.4. The van der Waals surface area contributed by atoms with Crippen LogP contribution < -0.4 is 15.1 Å². The topological polar surface area (TPSA) is 75.0 Å². The zero-order valence-electron chi connectivity index (χ0n) is 15.4. The number of benzene rings is 2. The van der Waals surface area contributed by atoms with Crippen LogP contribution in [0.4, 0.5) is 0 Å². The summed E-state index contributed by atoms with van der Waals surface area (Å²) in [5, 5.41) is 0.816. The molecule has 0 radical (unpaired) electrons. The molecule has 0 aliphatic heterocycles. The second-order valence-electron chi connectivity index (χ2n) is 6.17. The van der Waals surface area contributed by atoms with Gasteiger partial charge in [0.05, 0.1) is 7.11 Å². The van der Waals surface area contributed by atoms with Gasteiger partial charge in [0.15, 0.2) is 6.61 Å². The highest BCUT2D eigenvalue weighted by atomic mass is 16.6. The second kappa shape index (κ2) is 7.95. The fourth-order valence-electron chi connectivity index (χ4n) is 2.76. The molecule has 6 nitrogen and oxygen atoms in total. The van der Waals surface area contributed by atoms with Crippen molar-refractivity contribution in [2.45, 2.75) is 20.5 Å². The molecule has 0 aliphatic carbocycles. The summed E-state index contributed by atoms with van der Waals surface area (Å²) in [7, 11) is 1.57. The van der Waals surface area contributed by atoms with Gasteiger partial charge < -0.3 is 18.6 Å². The first kappa shape index (κ1) is 18.5.